The molecule has 3 aromatic rings. The van der Waals surface area contributed by atoms with Crippen molar-refractivity contribution in [2.45, 2.75) is 13.8 Å². The molecule has 1 fully saturated rings. The molecule has 1 aliphatic rings. The van der Waals surface area contributed by atoms with Crippen LogP contribution in [0.1, 0.15) is 28.5 Å². The minimum Gasteiger partial charge on any atom is -0.494 e. The van der Waals surface area contributed by atoms with E-state index < -0.39 is 0 Å². The zero-order valence-corrected chi connectivity index (χ0v) is 17.7. The maximum Gasteiger partial charge on any atom is 0.253 e. The van der Waals surface area contributed by atoms with E-state index in [1.54, 1.807) is 12.1 Å². The minimum atomic E-state index is -0.0129. The molecule has 1 aliphatic heterocycles. The Morgan fingerprint density at radius 1 is 1.10 bits per heavy atom. The van der Waals surface area contributed by atoms with Gasteiger partial charge in [0.15, 0.2) is 0 Å². The van der Waals surface area contributed by atoms with Crippen molar-refractivity contribution in [2.75, 3.05) is 37.7 Å². The number of piperazine rings is 1. The summed E-state index contributed by atoms with van der Waals surface area (Å²) in [5.74, 6) is 1.63. The highest BCUT2D eigenvalue weighted by atomic mass is 16.5. The zero-order valence-electron chi connectivity index (χ0n) is 17.7. The predicted octanol–water partition coefficient (Wildman–Crippen LogP) is 3.88. The number of benzene rings is 2. The molecule has 4 rings (SSSR count). The second-order valence-corrected chi connectivity index (χ2v) is 7.39. The summed E-state index contributed by atoms with van der Waals surface area (Å²) < 4.78 is 11.4. The largest absolute Gasteiger partial charge is 0.494 e. The maximum absolute atomic E-state index is 12.8. The first-order valence-electron chi connectivity index (χ1n) is 10.3. The fourth-order valence-corrected chi connectivity index (χ4v) is 3.57. The lowest BCUT2D eigenvalue weighted by atomic mass is 10.1. The molecule has 0 saturated carbocycles. The molecule has 0 radical (unpaired) electrons. The number of ether oxygens (including phenoxy) is 1. The highest BCUT2D eigenvalue weighted by Gasteiger charge is 2.27. The van der Waals surface area contributed by atoms with Gasteiger partial charge in [0.05, 0.1) is 6.61 Å². The zero-order chi connectivity index (χ0) is 21.8. The Kier molecular flexibility index (Phi) is 5.89. The van der Waals surface area contributed by atoms with Gasteiger partial charge in [-0.25, -0.2) is 0 Å². The van der Waals surface area contributed by atoms with Crippen LogP contribution in [0.25, 0.3) is 11.5 Å². The molecular formula is C24H24N4O3. The van der Waals surface area contributed by atoms with Gasteiger partial charge in [-0.2, -0.15) is 10.2 Å². The molecular weight excluding hydrogens is 392 g/mol. The lowest BCUT2D eigenvalue weighted by Gasteiger charge is -2.34. The van der Waals surface area contributed by atoms with Crippen LogP contribution in [0.2, 0.25) is 0 Å². The van der Waals surface area contributed by atoms with Gasteiger partial charge in [0.25, 0.3) is 5.91 Å². The number of rotatable bonds is 5. The number of carbonyl (C=O) groups excluding carboxylic acids is 1. The summed E-state index contributed by atoms with van der Waals surface area (Å²) in [6, 6.07) is 17.2. The van der Waals surface area contributed by atoms with Gasteiger partial charge in [-0.3, -0.25) is 4.79 Å². The summed E-state index contributed by atoms with van der Waals surface area (Å²) in [4.78, 5) is 21.0. The summed E-state index contributed by atoms with van der Waals surface area (Å²) in [6.45, 7) is 6.75. The minimum absolute atomic E-state index is 0.0129. The molecule has 7 heteroatoms. The van der Waals surface area contributed by atoms with Gasteiger partial charge in [-0.1, -0.05) is 17.7 Å². The van der Waals surface area contributed by atoms with E-state index in [0.717, 1.165) is 16.9 Å². The van der Waals surface area contributed by atoms with Crippen molar-refractivity contribution in [2.24, 2.45) is 0 Å². The first kappa shape index (κ1) is 20.5. The smallest absolute Gasteiger partial charge is 0.253 e. The van der Waals surface area contributed by atoms with E-state index in [4.69, 9.17) is 9.15 Å². The second kappa shape index (κ2) is 8.92. The monoisotopic (exact) mass is 416 g/mol. The number of aryl methyl sites for hydroxylation is 1. The van der Waals surface area contributed by atoms with Gasteiger partial charge >= 0.3 is 0 Å². The number of aromatic nitrogens is 1. The van der Waals surface area contributed by atoms with E-state index in [0.29, 0.717) is 50.1 Å². The summed E-state index contributed by atoms with van der Waals surface area (Å²) >= 11 is 0. The van der Waals surface area contributed by atoms with E-state index in [-0.39, 0.29) is 11.6 Å². The standard InChI is InChI=1S/C24H24N4O3/c1-3-30-20-10-8-19(9-11-20)23(29)27-12-14-28(15-13-27)24-21(16-25)26-22(31-24)18-6-4-17(2)5-7-18/h4-11H,3,12-15H2,1-2H3. The van der Waals surface area contributed by atoms with Gasteiger partial charge in [-0.15, -0.1) is 0 Å². The molecule has 7 nitrogen and oxygen atoms in total. The maximum atomic E-state index is 12.8. The third-order valence-corrected chi connectivity index (χ3v) is 5.28. The van der Waals surface area contributed by atoms with Crippen LogP contribution in [-0.4, -0.2) is 48.6 Å². The van der Waals surface area contributed by atoms with Gasteiger partial charge in [0, 0.05) is 37.3 Å². The molecule has 2 heterocycles. The molecule has 1 amide bonds. The average molecular weight is 416 g/mol. The van der Waals surface area contributed by atoms with E-state index in [2.05, 4.69) is 11.1 Å². The topological polar surface area (TPSA) is 82.6 Å². The molecule has 0 atom stereocenters. The summed E-state index contributed by atoms with van der Waals surface area (Å²) in [5.41, 5.74) is 2.87. The van der Waals surface area contributed by atoms with Crippen molar-refractivity contribution in [3.63, 3.8) is 0 Å². The fraction of sp³-hybridized carbons (Fsp3) is 0.292. The Balaban J connectivity index is 1.44. The molecule has 1 saturated heterocycles. The molecule has 0 N–H and O–H groups in total. The van der Waals surface area contributed by atoms with Crippen molar-refractivity contribution in [1.29, 1.82) is 5.26 Å². The molecule has 0 unspecified atom stereocenters. The average Bonchev–Trinajstić information content (AvgIpc) is 3.24. The summed E-state index contributed by atoms with van der Waals surface area (Å²) in [6.07, 6.45) is 0. The highest BCUT2D eigenvalue weighted by molar-refractivity contribution is 5.94. The normalized spacial score (nSPS) is 13.7. The highest BCUT2D eigenvalue weighted by Crippen LogP contribution is 2.29. The Morgan fingerprint density at radius 2 is 1.77 bits per heavy atom. The van der Waals surface area contributed by atoms with Crippen molar-refractivity contribution in [1.82, 2.24) is 9.88 Å². The predicted molar refractivity (Wildman–Crippen MR) is 117 cm³/mol. The van der Waals surface area contributed by atoms with Crippen molar-refractivity contribution < 1.29 is 13.9 Å². The van der Waals surface area contributed by atoms with E-state index in [1.807, 2.05) is 60.0 Å². The third-order valence-electron chi connectivity index (χ3n) is 5.28. The Bertz CT molecular complexity index is 1090. The second-order valence-electron chi connectivity index (χ2n) is 7.39. The number of carbonyl (C=O) groups is 1. The van der Waals surface area contributed by atoms with Crippen LogP contribution in [0.4, 0.5) is 5.88 Å². The van der Waals surface area contributed by atoms with E-state index >= 15 is 0 Å². The fourth-order valence-electron chi connectivity index (χ4n) is 3.57. The van der Waals surface area contributed by atoms with Gasteiger partial charge in [-0.05, 0) is 50.2 Å². The number of oxazole rings is 1. The van der Waals surface area contributed by atoms with E-state index in [9.17, 15) is 10.1 Å². The van der Waals surface area contributed by atoms with Crippen LogP contribution < -0.4 is 9.64 Å². The van der Waals surface area contributed by atoms with Crippen LogP contribution in [0.3, 0.4) is 0 Å². The summed E-state index contributed by atoms with van der Waals surface area (Å²) in [5, 5.41) is 9.53. The molecule has 1 aromatic heterocycles. The molecule has 2 aromatic carbocycles. The van der Waals surface area contributed by atoms with Crippen LogP contribution in [0.5, 0.6) is 5.75 Å². The van der Waals surface area contributed by atoms with Gasteiger partial charge < -0.3 is 19.0 Å². The Morgan fingerprint density at radius 3 is 2.39 bits per heavy atom. The molecule has 0 aliphatic carbocycles. The molecule has 0 spiro atoms. The molecule has 31 heavy (non-hydrogen) atoms. The number of hydrogen-bond acceptors (Lipinski definition) is 6. The Labute approximate surface area is 181 Å². The van der Waals surface area contributed by atoms with Crippen molar-refractivity contribution in [3.8, 4) is 23.3 Å². The van der Waals surface area contributed by atoms with Crippen LogP contribution in [0, 0.1) is 18.3 Å². The number of anilines is 1. The van der Waals surface area contributed by atoms with Crippen LogP contribution in [-0.2, 0) is 0 Å². The first-order valence-corrected chi connectivity index (χ1v) is 10.3. The van der Waals surface area contributed by atoms with Gasteiger partial charge in [0.1, 0.15) is 11.8 Å². The number of amides is 1. The van der Waals surface area contributed by atoms with Crippen molar-refractivity contribution in [3.05, 3.63) is 65.4 Å². The molecule has 158 valence electrons. The summed E-state index contributed by atoms with van der Waals surface area (Å²) in [7, 11) is 0. The van der Waals surface area contributed by atoms with Crippen LogP contribution in [0.15, 0.2) is 52.9 Å². The van der Waals surface area contributed by atoms with Crippen molar-refractivity contribution >= 4 is 11.8 Å². The van der Waals surface area contributed by atoms with E-state index in [1.165, 1.54) is 0 Å². The Hall–Kier alpha value is -3.79. The lowest BCUT2D eigenvalue weighted by Crippen LogP contribution is -2.48. The quantitative estimate of drug-likeness (QED) is 0.628. The third kappa shape index (κ3) is 4.38. The number of hydrogen-bond donors (Lipinski definition) is 0. The lowest BCUT2D eigenvalue weighted by molar-refractivity contribution is 0.0745. The molecule has 0 bridgehead atoms. The van der Waals surface area contributed by atoms with Crippen LogP contribution >= 0.6 is 0 Å². The van der Waals surface area contributed by atoms with Gasteiger partial charge in [0.2, 0.25) is 17.5 Å². The first-order chi connectivity index (χ1) is 15.1. The number of nitriles is 1. The SMILES string of the molecule is CCOc1ccc(C(=O)N2CCN(c3oc(-c4ccc(C)cc4)nc3C#N)CC2)cc1. The number of nitrogens with zero attached hydrogens (tertiary/aromatic N) is 4.